The third-order valence-electron chi connectivity index (χ3n) is 3.90. The SMILES string of the molecule is CCCN1C(=O)O/C(=C2/C(=O)N(c3ccccc3)N=C2C)C=C1C. The second-order valence-electron chi connectivity index (χ2n) is 5.68. The third kappa shape index (κ3) is 2.71. The Hall–Kier alpha value is -2.89. The van der Waals surface area contributed by atoms with Gasteiger partial charge in [-0.3, -0.25) is 9.69 Å². The minimum atomic E-state index is -0.460. The molecule has 0 spiro atoms. The molecule has 6 heteroatoms. The molecular formula is C18H19N3O3. The molecular weight excluding hydrogens is 306 g/mol. The van der Waals surface area contributed by atoms with Crippen LogP contribution in [0.3, 0.4) is 0 Å². The van der Waals surface area contributed by atoms with E-state index in [1.165, 1.54) is 5.01 Å². The van der Waals surface area contributed by atoms with Crippen LogP contribution in [0.4, 0.5) is 10.5 Å². The molecule has 0 unspecified atom stereocenters. The minimum absolute atomic E-state index is 0.259. The number of hydrazone groups is 1. The molecule has 2 heterocycles. The van der Waals surface area contributed by atoms with Gasteiger partial charge in [-0.2, -0.15) is 10.1 Å². The molecule has 0 aromatic heterocycles. The average molecular weight is 325 g/mol. The van der Waals surface area contributed by atoms with Crippen molar-refractivity contribution in [3.63, 3.8) is 0 Å². The number of hydrogen-bond acceptors (Lipinski definition) is 4. The minimum Gasteiger partial charge on any atom is -0.409 e. The summed E-state index contributed by atoms with van der Waals surface area (Å²) in [5, 5.41) is 5.64. The van der Waals surface area contributed by atoms with Crippen molar-refractivity contribution >= 4 is 23.4 Å². The van der Waals surface area contributed by atoms with E-state index in [4.69, 9.17) is 4.74 Å². The molecule has 0 aliphatic carbocycles. The Labute approximate surface area is 140 Å². The van der Waals surface area contributed by atoms with Crippen LogP contribution in [0.25, 0.3) is 0 Å². The number of allylic oxidation sites excluding steroid dienone is 2. The molecule has 0 saturated carbocycles. The first kappa shape index (κ1) is 16.0. The highest BCUT2D eigenvalue weighted by atomic mass is 16.6. The van der Waals surface area contributed by atoms with Crippen molar-refractivity contribution in [3.8, 4) is 0 Å². The van der Waals surface area contributed by atoms with Gasteiger partial charge in [-0.15, -0.1) is 0 Å². The summed E-state index contributed by atoms with van der Waals surface area (Å²) in [7, 11) is 0. The van der Waals surface area contributed by atoms with Crippen molar-refractivity contribution < 1.29 is 14.3 Å². The normalized spacial score (nSPS) is 21.0. The summed E-state index contributed by atoms with van der Waals surface area (Å²) in [6, 6.07) is 9.16. The van der Waals surface area contributed by atoms with Crippen LogP contribution in [0.2, 0.25) is 0 Å². The van der Waals surface area contributed by atoms with Crippen LogP contribution in [0.15, 0.2) is 58.5 Å². The van der Waals surface area contributed by atoms with Crippen molar-refractivity contribution in [1.29, 1.82) is 0 Å². The van der Waals surface area contributed by atoms with Crippen molar-refractivity contribution in [2.24, 2.45) is 5.10 Å². The van der Waals surface area contributed by atoms with Crippen LogP contribution in [0, 0.1) is 0 Å². The molecule has 6 nitrogen and oxygen atoms in total. The predicted octanol–water partition coefficient (Wildman–Crippen LogP) is 3.43. The molecule has 0 N–H and O–H groups in total. The molecule has 3 rings (SSSR count). The monoisotopic (exact) mass is 325 g/mol. The van der Waals surface area contributed by atoms with E-state index in [2.05, 4.69) is 5.10 Å². The lowest BCUT2D eigenvalue weighted by Gasteiger charge is -2.27. The fourth-order valence-electron chi connectivity index (χ4n) is 2.74. The number of hydrogen-bond donors (Lipinski definition) is 0. The van der Waals surface area contributed by atoms with Gasteiger partial charge in [0.2, 0.25) is 0 Å². The smallest absolute Gasteiger partial charge is 0.409 e. The van der Waals surface area contributed by atoms with E-state index in [0.29, 0.717) is 23.5 Å². The Bertz CT molecular complexity index is 778. The lowest BCUT2D eigenvalue weighted by Crippen LogP contribution is -2.34. The number of para-hydroxylation sites is 1. The first-order chi connectivity index (χ1) is 11.5. The Morgan fingerprint density at radius 2 is 1.83 bits per heavy atom. The van der Waals surface area contributed by atoms with Crippen molar-refractivity contribution in [1.82, 2.24) is 4.90 Å². The van der Waals surface area contributed by atoms with Crippen LogP contribution < -0.4 is 5.01 Å². The highest BCUT2D eigenvalue weighted by molar-refractivity contribution is 6.30. The van der Waals surface area contributed by atoms with Gasteiger partial charge in [0, 0.05) is 18.3 Å². The Morgan fingerprint density at radius 3 is 2.46 bits per heavy atom. The quantitative estimate of drug-likeness (QED) is 0.800. The summed E-state index contributed by atoms with van der Waals surface area (Å²) in [5.41, 5.74) is 2.28. The first-order valence-electron chi connectivity index (χ1n) is 7.90. The summed E-state index contributed by atoms with van der Waals surface area (Å²) >= 11 is 0. The number of rotatable bonds is 3. The molecule has 2 aliphatic heterocycles. The number of benzene rings is 1. The maximum atomic E-state index is 12.8. The second-order valence-corrected chi connectivity index (χ2v) is 5.68. The van der Waals surface area contributed by atoms with Gasteiger partial charge in [0.25, 0.3) is 5.91 Å². The fraction of sp³-hybridized carbons (Fsp3) is 0.278. The summed E-state index contributed by atoms with van der Waals surface area (Å²) in [6.45, 7) is 6.14. The highest BCUT2D eigenvalue weighted by Gasteiger charge is 2.35. The van der Waals surface area contributed by atoms with E-state index in [9.17, 15) is 9.59 Å². The van der Waals surface area contributed by atoms with Gasteiger partial charge < -0.3 is 4.74 Å². The van der Waals surface area contributed by atoms with Gasteiger partial charge >= 0.3 is 6.09 Å². The van der Waals surface area contributed by atoms with Crippen LogP contribution in [-0.2, 0) is 9.53 Å². The topological polar surface area (TPSA) is 62.2 Å². The lowest BCUT2D eigenvalue weighted by atomic mass is 10.1. The van der Waals surface area contributed by atoms with Gasteiger partial charge in [-0.05, 0) is 32.4 Å². The zero-order valence-corrected chi connectivity index (χ0v) is 13.9. The number of anilines is 1. The van der Waals surface area contributed by atoms with E-state index in [-0.39, 0.29) is 11.7 Å². The molecule has 24 heavy (non-hydrogen) atoms. The summed E-state index contributed by atoms with van der Waals surface area (Å²) < 4.78 is 5.39. The molecule has 1 aromatic rings. The van der Waals surface area contributed by atoms with Crippen LogP contribution in [0.5, 0.6) is 0 Å². The summed E-state index contributed by atoms with van der Waals surface area (Å²) in [5.74, 6) is -0.0379. The summed E-state index contributed by atoms with van der Waals surface area (Å²) in [6.07, 6.45) is 2.09. The number of ether oxygens (including phenoxy) is 1. The molecule has 0 saturated heterocycles. The molecule has 124 valence electrons. The van der Waals surface area contributed by atoms with Gasteiger partial charge in [-0.1, -0.05) is 25.1 Å². The third-order valence-corrected chi connectivity index (χ3v) is 3.90. The van der Waals surface area contributed by atoms with Gasteiger partial charge in [-0.25, -0.2) is 4.79 Å². The highest BCUT2D eigenvalue weighted by Crippen LogP contribution is 2.29. The lowest BCUT2D eigenvalue weighted by molar-refractivity contribution is -0.114. The van der Waals surface area contributed by atoms with Crippen LogP contribution in [0.1, 0.15) is 27.2 Å². The van der Waals surface area contributed by atoms with Crippen LogP contribution in [-0.4, -0.2) is 29.2 Å². The molecule has 0 fully saturated rings. The maximum Gasteiger partial charge on any atom is 0.419 e. The fourth-order valence-corrected chi connectivity index (χ4v) is 2.74. The molecule has 0 bridgehead atoms. The van der Waals surface area contributed by atoms with E-state index < -0.39 is 6.09 Å². The van der Waals surface area contributed by atoms with Gasteiger partial charge in [0.15, 0.2) is 0 Å². The van der Waals surface area contributed by atoms with E-state index >= 15 is 0 Å². The van der Waals surface area contributed by atoms with Gasteiger partial charge in [0.1, 0.15) is 11.3 Å². The van der Waals surface area contributed by atoms with Crippen molar-refractivity contribution in [2.45, 2.75) is 27.2 Å². The number of carbonyl (C=O) groups is 2. The number of nitrogens with zero attached hydrogens (tertiary/aromatic N) is 3. The van der Waals surface area contributed by atoms with Crippen LogP contribution >= 0.6 is 0 Å². The van der Waals surface area contributed by atoms with E-state index in [0.717, 1.165) is 12.1 Å². The zero-order valence-electron chi connectivity index (χ0n) is 13.9. The summed E-state index contributed by atoms with van der Waals surface area (Å²) in [4.78, 5) is 26.5. The maximum absolute atomic E-state index is 12.8. The standard InChI is InChI=1S/C18H19N3O3/c1-4-10-20-12(2)11-15(24-18(20)23)16-13(3)19-21(17(16)22)14-8-6-5-7-9-14/h5-9,11H,4,10H2,1-3H3/b16-15+. The Kier molecular flexibility index (Phi) is 4.20. The Morgan fingerprint density at radius 1 is 1.12 bits per heavy atom. The molecule has 2 amide bonds. The Balaban J connectivity index is 1.98. The first-order valence-corrected chi connectivity index (χ1v) is 7.90. The molecule has 2 aliphatic rings. The van der Waals surface area contributed by atoms with E-state index in [1.807, 2.05) is 32.0 Å². The average Bonchev–Trinajstić information content (AvgIpc) is 2.86. The van der Waals surface area contributed by atoms with Crippen molar-refractivity contribution in [3.05, 3.63) is 53.4 Å². The zero-order chi connectivity index (χ0) is 17.3. The van der Waals surface area contributed by atoms with Gasteiger partial charge in [0.05, 0.1) is 11.4 Å². The second kappa shape index (κ2) is 6.31. The predicted molar refractivity (Wildman–Crippen MR) is 91.3 cm³/mol. The van der Waals surface area contributed by atoms with Crippen molar-refractivity contribution in [2.75, 3.05) is 11.6 Å². The number of amides is 2. The molecule has 0 atom stereocenters. The van der Waals surface area contributed by atoms with E-state index in [1.54, 1.807) is 30.0 Å². The molecule has 0 radical (unpaired) electrons. The molecule has 1 aromatic carbocycles. The number of carbonyl (C=O) groups excluding carboxylic acids is 2. The number of cyclic esters (lactones) is 1. The largest absolute Gasteiger partial charge is 0.419 e.